The number of benzene rings is 1. The van der Waals surface area contributed by atoms with E-state index in [0.717, 1.165) is 49.8 Å². The third kappa shape index (κ3) is 3.65. The van der Waals surface area contributed by atoms with Gasteiger partial charge in [0.2, 0.25) is 0 Å². The Kier molecular flexibility index (Phi) is 5.02. The van der Waals surface area contributed by atoms with Crippen LogP contribution in [0.5, 0.6) is 0 Å². The highest BCUT2D eigenvalue weighted by atomic mass is 16.5. The molecular formula is C20H24N4O2. The number of carbonyl (C=O) groups excluding carboxylic acids is 1. The molecule has 136 valence electrons. The molecule has 2 amide bonds. The van der Waals surface area contributed by atoms with Crippen molar-refractivity contribution in [2.75, 3.05) is 42.6 Å². The smallest absolute Gasteiger partial charge is 0.322 e. The first-order valence-electron chi connectivity index (χ1n) is 9.18. The van der Waals surface area contributed by atoms with Crippen LogP contribution in [0.25, 0.3) is 0 Å². The van der Waals surface area contributed by atoms with Gasteiger partial charge in [0.05, 0.1) is 30.2 Å². The number of pyridine rings is 1. The van der Waals surface area contributed by atoms with E-state index in [1.807, 2.05) is 47.5 Å². The quantitative estimate of drug-likeness (QED) is 0.919. The van der Waals surface area contributed by atoms with Crippen LogP contribution in [0, 0.1) is 5.92 Å². The van der Waals surface area contributed by atoms with Gasteiger partial charge >= 0.3 is 6.03 Å². The molecule has 1 N–H and O–H groups in total. The number of nitrogens with one attached hydrogen (secondary N) is 1. The maximum Gasteiger partial charge on any atom is 0.322 e. The zero-order valence-corrected chi connectivity index (χ0v) is 14.8. The van der Waals surface area contributed by atoms with Gasteiger partial charge in [0, 0.05) is 38.4 Å². The number of fused-ring (bicyclic) bond motifs is 1. The van der Waals surface area contributed by atoms with E-state index in [0.29, 0.717) is 19.0 Å². The number of urea groups is 1. The van der Waals surface area contributed by atoms with E-state index < -0.39 is 0 Å². The van der Waals surface area contributed by atoms with E-state index in [9.17, 15) is 4.79 Å². The Morgan fingerprint density at radius 2 is 2.00 bits per heavy atom. The largest absolute Gasteiger partial charge is 0.381 e. The van der Waals surface area contributed by atoms with Crippen molar-refractivity contribution < 1.29 is 9.53 Å². The van der Waals surface area contributed by atoms with Crippen molar-refractivity contribution in [2.24, 2.45) is 5.92 Å². The van der Waals surface area contributed by atoms with Gasteiger partial charge in [-0.25, -0.2) is 4.79 Å². The van der Waals surface area contributed by atoms with Gasteiger partial charge in [-0.15, -0.1) is 0 Å². The normalized spacial score (nSPS) is 19.3. The number of ether oxygens (including phenoxy) is 1. The number of amides is 2. The number of nitrogens with zero attached hydrogens (tertiary/aromatic N) is 3. The topological polar surface area (TPSA) is 57.7 Å². The van der Waals surface area contributed by atoms with Crippen LogP contribution in [0.1, 0.15) is 12.1 Å². The Balaban J connectivity index is 1.47. The highest BCUT2D eigenvalue weighted by Gasteiger charge is 2.27. The maximum atomic E-state index is 12.7. The third-order valence-corrected chi connectivity index (χ3v) is 5.00. The van der Waals surface area contributed by atoms with Gasteiger partial charge in [0.1, 0.15) is 0 Å². The van der Waals surface area contributed by atoms with Crippen LogP contribution in [0.3, 0.4) is 0 Å². The summed E-state index contributed by atoms with van der Waals surface area (Å²) in [4.78, 5) is 21.3. The molecule has 0 spiro atoms. The molecule has 1 saturated heterocycles. The molecule has 0 saturated carbocycles. The predicted molar refractivity (Wildman–Crippen MR) is 101 cm³/mol. The summed E-state index contributed by atoms with van der Waals surface area (Å²) in [5.41, 5.74) is 3.06. The van der Waals surface area contributed by atoms with Crippen LogP contribution >= 0.6 is 0 Å². The fourth-order valence-corrected chi connectivity index (χ4v) is 3.56. The lowest BCUT2D eigenvalue weighted by molar-refractivity contribution is 0.185. The Bertz CT molecular complexity index is 746. The summed E-state index contributed by atoms with van der Waals surface area (Å²) >= 11 is 0. The molecule has 1 aromatic heterocycles. The number of aromatic nitrogens is 1. The van der Waals surface area contributed by atoms with Crippen LogP contribution < -0.4 is 15.1 Å². The van der Waals surface area contributed by atoms with Crippen molar-refractivity contribution in [3.8, 4) is 0 Å². The number of rotatable bonds is 4. The van der Waals surface area contributed by atoms with E-state index in [1.54, 1.807) is 0 Å². The Hall–Kier alpha value is -2.60. The summed E-state index contributed by atoms with van der Waals surface area (Å²) in [5.74, 6) is 0.430. The predicted octanol–water partition coefficient (Wildman–Crippen LogP) is 2.65. The average molecular weight is 352 g/mol. The summed E-state index contributed by atoms with van der Waals surface area (Å²) in [5, 5.41) is 3.08. The zero-order valence-electron chi connectivity index (χ0n) is 14.8. The first-order valence-corrected chi connectivity index (χ1v) is 9.18. The lowest BCUT2D eigenvalue weighted by Gasteiger charge is -2.37. The highest BCUT2D eigenvalue weighted by Crippen LogP contribution is 2.33. The summed E-state index contributed by atoms with van der Waals surface area (Å²) in [6, 6.07) is 14.0. The fourth-order valence-electron chi connectivity index (χ4n) is 3.56. The first-order chi connectivity index (χ1) is 12.8. The number of carbonyl (C=O) groups is 1. The number of hydrogen-bond donors (Lipinski definition) is 1. The van der Waals surface area contributed by atoms with E-state index in [2.05, 4.69) is 21.3 Å². The third-order valence-electron chi connectivity index (χ3n) is 5.00. The number of para-hydroxylation sites is 2. The van der Waals surface area contributed by atoms with Crippen molar-refractivity contribution in [3.63, 3.8) is 0 Å². The summed E-state index contributed by atoms with van der Waals surface area (Å²) in [6.07, 6.45) is 2.84. The molecule has 3 heterocycles. The Morgan fingerprint density at radius 1 is 1.15 bits per heavy atom. The highest BCUT2D eigenvalue weighted by molar-refractivity contribution is 5.96. The molecule has 2 aromatic rings. The molecule has 0 aliphatic carbocycles. The van der Waals surface area contributed by atoms with Crippen molar-refractivity contribution in [3.05, 3.63) is 54.4 Å². The molecule has 1 aromatic carbocycles. The lowest BCUT2D eigenvalue weighted by atomic mass is 10.1. The van der Waals surface area contributed by atoms with Gasteiger partial charge in [-0.05, 0) is 30.7 Å². The number of anilines is 2. The average Bonchev–Trinajstić information content (AvgIpc) is 3.21. The number of hydrogen-bond acceptors (Lipinski definition) is 4. The molecule has 1 fully saturated rings. The minimum Gasteiger partial charge on any atom is -0.381 e. The maximum absolute atomic E-state index is 12.7. The monoisotopic (exact) mass is 352 g/mol. The van der Waals surface area contributed by atoms with Gasteiger partial charge in [-0.1, -0.05) is 18.2 Å². The molecule has 6 nitrogen and oxygen atoms in total. The van der Waals surface area contributed by atoms with Crippen LogP contribution in [0.15, 0.2) is 48.7 Å². The summed E-state index contributed by atoms with van der Waals surface area (Å²) in [7, 11) is 0. The standard InChI is InChI=1S/C20H24N4O2/c25-20(22-13-16-8-12-26-15-16)24-11-10-23(14-17-5-3-4-9-21-17)18-6-1-2-7-19(18)24/h1-7,9,16H,8,10-15H2,(H,22,25)/t16-/m1/s1. The molecule has 0 bridgehead atoms. The molecule has 2 aliphatic rings. The van der Waals surface area contributed by atoms with Gasteiger partial charge in [-0.2, -0.15) is 0 Å². The van der Waals surface area contributed by atoms with Crippen molar-refractivity contribution in [1.29, 1.82) is 0 Å². The van der Waals surface area contributed by atoms with E-state index in [-0.39, 0.29) is 6.03 Å². The lowest BCUT2D eigenvalue weighted by Crippen LogP contribution is -2.48. The fraction of sp³-hybridized carbons (Fsp3) is 0.400. The summed E-state index contributed by atoms with van der Waals surface area (Å²) < 4.78 is 5.38. The van der Waals surface area contributed by atoms with Gasteiger partial charge in [0.25, 0.3) is 0 Å². The minimum atomic E-state index is -0.0261. The molecule has 1 atom stereocenters. The molecule has 0 radical (unpaired) electrons. The minimum absolute atomic E-state index is 0.0261. The molecule has 0 unspecified atom stereocenters. The van der Waals surface area contributed by atoms with E-state index in [1.165, 1.54) is 0 Å². The molecule has 26 heavy (non-hydrogen) atoms. The molecular weight excluding hydrogens is 328 g/mol. The second kappa shape index (κ2) is 7.74. The first kappa shape index (κ1) is 16.8. The molecule has 6 heteroatoms. The van der Waals surface area contributed by atoms with Crippen LogP contribution in [-0.4, -0.2) is 43.9 Å². The van der Waals surface area contributed by atoms with Crippen molar-refractivity contribution >= 4 is 17.4 Å². The second-order valence-corrected chi connectivity index (χ2v) is 6.80. The van der Waals surface area contributed by atoms with E-state index in [4.69, 9.17) is 4.74 Å². The zero-order chi connectivity index (χ0) is 17.8. The van der Waals surface area contributed by atoms with Crippen molar-refractivity contribution in [1.82, 2.24) is 10.3 Å². The van der Waals surface area contributed by atoms with Crippen molar-refractivity contribution in [2.45, 2.75) is 13.0 Å². The Labute approximate surface area is 153 Å². The SMILES string of the molecule is O=C(NC[C@H]1CCOC1)N1CCN(Cc2ccccn2)c2ccccc21. The van der Waals surface area contributed by atoms with E-state index >= 15 is 0 Å². The van der Waals surface area contributed by atoms with Crippen LogP contribution in [-0.2, 0) is 11.3 Å². The summed E-state index contributed by atoms with van der Waals surface area (Å²) in [6.45, 7) is 4.41. The van der Waals surface area contributed by atoms with Gasteiger partial charge in [-0.3, -0.25) is 9.88 Å². The molecule has 4 rings (SSSR count). The second-order valence-electron chi connectivity index (χ2n) is 6.80. The van der Waals surface area contributed by atoms with Crippen LogP contribution in [0.2, 0.25) is 0 Å². The van der Waals surface area contributed by atoms with Gasteiger partial charge < -0.3 is 15.0 Å². The molecule has 2 aliphatic heterocycles. The Morgan fingerprint density at radius 3 is 2.77 bits per heavy atom. The van der Waals surface area contributed by atoms with Gasteiger partial charge in [0.15, 0.2) is 0 Å². The van der Waals surface area contributed by atoms with Crippen LogP contribution in [0.4, 0.5) is 16.2 Å².